The van der Waals surface area contributed by atoms with Gasteiger partial charge in [0.2, 0.25) is 21.8 Å². The molecule has 1 unspecified atom stereocenters. The van der Waals surface area contributed by atoms with Gasteiger partial charge in [-0.1, -0.05) is 35.3 Å². The Morgan fingerprint density at radius 3 is 1.91 bits per heavy atom. The molecule has 0 aliphatic heterocycles. The number of anilines is 1. The molecule has 2 aromatic rings. The molecule has 2 rings (SSSR count). The molecule has 2 amide bonds. The zero-order valence-corrected chi connectivity index (χ0v) is 21.6. The predicted molar refractivity (Wildman–Crippen MR) is 133 cm³/mol. The molecule has 180 valence electrons. The predicted octanol–water partition coefficient (Wildman–Crippen LogP) is 4.09. The lowest BCUT2D eigenvalue weighted by Crippen LogP contribution is -2.54. The molecule has 0 fully saturated rings. The number of hydrogen-bond donors (Lipinski definition) is 1. The van der Waals surface area contributed by atoms with Gasteiger partial charge in [-0.15, -0.1) is 0 Å². The van der Waals surface area contributed by atoms with Crippen molar-refractivity contribution in [3.8, 4) is 0 Å². The van der Waals surface area contributed by atoms with Crippen LogP contribution in [0.15, 0.2) is 48.5 Å². The van der Waals surface area contributed by atoms with Gasteiger partial charge in [0.05, 0.1) is 11.9 Å². The Labute approximate surface area is 205 Å². The van der Waals surface area contributed by atoms with E-state index in [9.17, 15) is 18.0 Å². The first kappa shape index (κ1) is 27.0. The van der Waals surface area contributed by atoms with E-state index in [1.54, 1.807) is 43.3 Å². The molecule has 7 nitrogen and oxygen atoms in total. The summed E-state index contributed by atoms with van der Waals surface area (Å²) in [4.78, 5) is 27.6. The van der Waals surface area contributed by atoms with Crippen molar-refractivity contribution in [1.82, 2.24) is 10.2 Å². The van der Waals surface area contributed by atoms with E-state index in [1.807, 2.05) is 20.8 Å². The van der Waals surface area contributed by atoms with Crippen molar-refractivity contribution >= 4 is 50.7 Å². The van der Waals surface area contributed by atoms with Crippen LogP contribution in [-0.2, 0) is 26.2 Å². The fourth-order valence-corrected chi connectivity index (χ4v) is 4.17. The first-order chi connectivity index (χ1) is 15.2. The van der Waals surface area contributed by atoms with E-state index in [2.05, 4.69) is 5.32 Å². The molecule has 0 saturated carbocycles. The molecule has 10 heteroatoms. The number of hydrogen-bond acceptors (Lipinski definition) is 4. The molecule has 0 saturated heterocycles. The second kappa shape index (κ2) is 10.8. The summed E-state index contributed by atoms with van der Waals surface area (Å²) in [6.45, 7) is 6.77. The summed E-state index contributed by atoms with van der Waals surface area (Å²) < 4.78 is 26.0. The summed E-state index contributed by atoms with van der Waals surface area (Å²) in [5.74, 6) is -0.871. The maximum atomic E-state index is 13.4. The average molecular weight is 514 g/mol. The van der Waals surface area contributed by atoms with Crippen molar-refractivity contribution in [3.05, 3.63) is 64.1 Å². The van der Waals surface area contributed by atoms with Crippen LogP contribution in [0.3, 0.4) is 0 Å². The Kier molecular flexibility index (Phi) is 8.79. The Morgan fingerprint density at radius 2 is 1.45 bits per heavy atom. The Bertz CT molecular complexity index is 1080. The third kappa shape index (κ3) is 8.21. The standard InChI is InChI=1S/C23H29Cl2N3O4S/c1-16(22(30)26-23(2,3)4)27(14-17-6-8-18(24)9-7-17)21(29)15-28(33(5,31)32)20-12-10-19(25)11-13-20/h6-13,16H,14-15H2,1-5H3,(H,26,30). The van der Waals surface area contributed by atoms with Crippen molar-refractivity contribution < 1.29 is 18.0 Å². The van der Waals surface area contributed by atoms with Gasteiger partial charge in [0.1, 0.15) is 12.6 Å². The van der Waals surface area contributed by atoms with E-state index in [4.69, 9.17) is 23.2 Å². The highest BCUT2D eigenvalue weighted by molar-refractivity contribution is 7.92. The van der Waals surface area contributed by atoms with Gasteiger partial charge in [-0.2, -0.15) is 0 Å². The normalized spacial score (nSPS) is 12.7. The van der Waals surface area contributed by atoms with E-state index in [0.717, 1.165) is 16.1 Å². The third-order valence-electron chi connectivity index (χ3n) is 4.73. The molecule has 0 aliphatic carbocycles. The number of sulfonamides is 1. The van der Waals surface area contributed by atoms with Gasteiger partial charge in [-0.25, -0.2) is 8.42 Å². The minimum atomic E-state index is -3.79. The van der Waals surface area contributed by atoms with Gasteiger partial charge in [0, 0.05) is 22.1 Å². The van der Waals surface area contributed by atoms with Crippen LogP contribution in [0.25, 0.3) is 0 Å². The molecule has 1 atom stereocenters. The number of carbonyl (C=O) groups excluding carboxylic acids is 2. The van der Waals surface area contributed by atoms with E-state index < -0.39 is 34.1 Å². The summed E-state index contributed by atoms with van der Waals surface area (Å²) in [6.07, 6.45) is 1.02. The number of benzene rings is 2. The Morgan fingerprint density at radius 1 is 0.970 bits per heavy atom. The van der Waals surface area contributed by atoms with Crippen molar-refractivity contribution in [3.63, 3.8) is 0 Å². The fourth-order valence-electron chi connectivity index (χ4n) is 3.06. The van der Waals surface area contributed by atoms with Crippen molar-refractivity contribution in [2.24, 2.45) is 0 Å². The third-order valence-corrected chi connectivity index (χ3v) is 6.37. The van der Waals surface area contributed by atoms with Crippen LogP contribution < -0.4 is 9.62 Å². The number of amides is 2. The Balaban J connectivity index is 2.38. The molecule has 0 aliphatic rings. The maximum absolute atomic E-state index is 13.4. The molecule has 0 radical (unpaired) electrons. The fraction of sp³-hybridized carbons (Fsp3) is 0.391. The molecule has 1 N–H and O–H groups in total. The van der Waals surface area contributed by atoms with Crippen molar-refractivity contribution in [2.45, 2.75) is 45.8 Å². The van der Waals surface area contributed by atoms with Crippen LogP contribution in [0.1, 0.15) is 33.3 Å². The molecule has 0 bridgehead atoms. The molecule has 33 heavy (non-hydrogen) atoms. The number of nitrogens with zero attached hydrogens (tertiary/aromatic N) is 2. The SMILES string of the molecule is CC(C(=O)NC(C)(C)C)N(Cc1ccc(Cl)cc1)C(=O)CN(c1ccc(Cl)cc1)S(C)(=O)=O. The number of halogens is 2. The second-order valence-corrected chi connectivity index (χ2v) is 11.6. The first-order valence-electron chi connectivity index (χ1n) is 10.3. The van der Waals surface area contributed by atoms with Crippen LogP contribution >= 0.6 is 23.2 Å². The highest BCUT2D eigenvalue weighted by Gasteiger charge is 2.31. The van der Waals surface area contributed by atoms with Gasteiger partial charge in [-0.3, -0.25) is 13.9 Å². The topological polar surface area (TPSA) is 86.8 Å². The Hall–Kier alpha value is -2.29. The monoisotopic (exact) mass is 513 g/mol. The average Bonchev–Trinajstić information content (AvgIpc) is 2.69. The summed E-state index contributed by atoms with van der Waals surface area (Å²) in [5.41, 5.74) is 0.552. The lowest BCUT2D eigenvalue weighted by Gasteiger charge is -2.33. The van der Waals surface area contributed by atoms with Gasteiger partial charge in [-0.05, 0) is 69.7 Å². The van der Waals surface area contributed by atoms with Gasteiger partial charge < -0.3 is 10.2 Å². The maximum Gasteiger partial charge on any atom is 0.244 e. The van der Waals surface area contributed by atoms with Crippen molar-refractivity contribution in [1.29, 1.82) is 0 Å². The van der Waals surface area contributed by atoms with E-state index in [0.29, 0.717) is 15.7 Å². The number of nitrogens with one attached hydrogen (secondary N) is 1. The van der Waals surface area contributed by atoms with Crippen LogP contribution in [0.2, 0.25) is 10.0 Å². The molecular formula is C23H29Cl2N3O4S. The van der Waals surface area contributed by atoms with E-state index in [-0.39, 0.29) is 12.5 Å². The van der Waals surface area contributed by atoms with E-state index in [1.165, 1.54) is 17.0 Å². The smallest absolute Gasteiger partial charge is 0.244 e. The lowest BCUT2D eigenvalue weighted by molar-refractivity contribution is -0.140. The van der Waals surface area contributed by atoms with Crippen LogP contribution in [0.5, 0.6) is 0 Å². The van der Waals surface area contributed by atoms with Crippen molar-refractivity contribution in [2.75, 3.05) is 17.1 Å². The number of rotatable bonds is 8. The highest BCUT2D eigenvalue weighted by atomic mass is 35.5. The first-order valence-corrected chi connectivity index (χ1v) is 12.9. The summed E-state index contributed by atoms with van der Waals surface area (Å²) in [5, 5.41) is 3.85. The van der Waals surface area contributed by atoms with Gasteiger partial charge in [0.15, 0.2) is 0 Å². The highest BCUT2D eigenvalue weighted by Crippen LogP contribution is 2.22. The molecule has 2 aromatic carbocycles. The van der Waals surface area contributed by atoms with Crippen LogP contribution in [-0.4, -0.2) is 49.5 Å². The molecule has 0 aromatic heterocycles. The second-order valence-electron chi connectivity index (χ2n) is 8.81. The van der Waals surface area contributed by atoms with Gasteiger partial charge >= 0.3 is 0 Å². The molecule has 0 heterocycles. The summed E-state index contributed by atoms with van der Waals surface area (Å²) in [7, 11) is -3.79. The molecular weight excluding hydrogens is 485 g/mol. The van der Waals surface area contributed by atoms with Gasteiger partial charge in [0.25, 0.3) is 0 Å². The largest absolute Gasteiger partial charge is 0.350 e. The minimum absolute atomic E-state index is 0.104. The zero-order valence-electron chi connectivity index (χ0n) is 19.3. The zero-order chi connectivity index (χ0) is 25.0. The molecule has 0 spiro atoms. The van der Waals surface area contributed by atoms with Crippen LogP contribution in [0, 0.1) is 0 Å². The lowest BCUT2D eigenvalue weighted by atomic mass is 10.1. The van der Waals surface area contributed by atoms with Crippen LogP contribution in [0.4, 0.5) is 5.69 Å². The quantitative estimate of drug-likeness (QED) is 0.575. The minimum Gasteiger partial charge on any atom is -0.350 e. The number of carbonyl (C=O) groups is 2. The summed E-state index contributed by atoms with van der Waals surface area (Å²) >= 11 is 11.9. The summed E-state index contributed by atoms with van der Waals surface area (Å²) in [6, 6.07) is 12.2. The van der Waals surface area contributed by atoms with E-state index >= 15 is 0 Å².